The maximum Gasteiger partial charge on any atom is 0.573 e. The molecule has 1 aromatic heterocycles. The first kappa shape index (κ1) is 12.2. The van der Waals surface area contributed by atoms with Crippen LogP contribution in [0.5, 0.6) is 5.75 Å². The zero-order chi connectivity index (χ0) is 13.2. The summed E-state index contributed by atoms with van der Waals surface area (Å²) >= 11 is 0. The van der Waals surface area contributed by atoms with Crippen LogP contribution >= 0.6 is 0 Å². The van der Waals surface area contributed by atoms with Gasteiger partial charge in [0.1, 0.15) is 5.75 Å². The molecule has 0 fully saturated rings. The predicted octanol–water partition coefficient (Wildman–Crippen LogP) is 3.66. The summed E-state index contributed by atoms with van der Waals surface area (Å²) in [5.41, 5.74) is 1.09. The number of hydrogen-bond donors (Lipinski definition) is 0. The molecule has 0 atom stereocenters. The lowest BCUT2D eigenvalue weighted by Gasteiger charge is -2.08. The number of ether oxygens (including phenoxy) is 1. The molecule has 0 aliphatic heterocycles. The summed E-state index contributed by atoms with van der Waals surface area (Å²) < 4.78 is 44.5. The van der Waals surface area contributed by atoms with E-state index in [0.29, 0.717) is 17.4 Å². The third kappa shape index (κ3) is 2.71. The van der Waals surface area contributed by atoms with E-state index in [4.69, 9.17) is 4.42 Å². The molecule has 1 heterocycles. The fourth-order valence-electron chi connectivity index (χ4n) is 1.49. The van der Waals surface area contributed by atoms with Crippen LogP contribution in [0.1, 0.15) is 10.6 Å². The Morgan fingerprint density at radius 1 is 1.11 bits per heavy atom. The first-order valence-corrected chi connectivity index (χ1v) is 4.88. The van der Waals surface area contributed by atoms with Crippen LogP contribution in [0.3, 0.4) is 0 Å². The molecule has 0 saturated carbocycles. The quantitative estimate of drug-likeness (QED) is 0.787. The molecule has 2 aromatic rings. The molecule has 1 aromatic carbocycles. The van der Waals surface area contributed by atoms with Gasteiger partial charge in [-0.1, -0.05) is 12.1 Å². The van der Waals surface area contributed by atoms with E-state index < -0.39 is 6.36 Å². The number of aldehydes is 1. The first-order chi connectivity index (χ1) is 8.49. The summed E-state index contributed by atoms with van der Waals surface area (Å²) in [6.45, 7) is 0. The van der Waals surface area contributed by atoms with Gasteiger partial charge < -0.3 is 9.15 Å². The predicted molar refractivity (Wildman–Crippen MR) is 56.2 cm³/mol. The van der Waals surface area contributed by atoms with Crippen molar-refractivity contribution in [3.05, 3.63) is 42.4 Å². The minimum Gasteiger partial charge on any atom is -0.461 e. The summed E-state index contributed by atoms with van der Waals surface area (Å²) in [6.07, 6.45) is -2.85. The summed E-state index contributed by atoms with van der Waals surface area (Å²) in [7, 11) is 0. The Labute approximate surface area is 99.8 Å². The Bertz CT molecular complexity index is 540. The fraction of sp³-hybridized carbons (Fsp3) is 0.0833. The molecule has 0 radical (unpaired) electrons. The van der Waals surface area contributed by atoms with E-state index in [-0.39, 0.29) is 11.5 Å². The molecule has 0 amide bonds. The Hall–Kier alpha value is -2.24. The van der Waals surface area contributed by atoms with Gasteiger partial charge in [0.2, 0.25) is 0 Å². The molecule has 0 unspecified atom stereocenters. The molecular formula is C12H7F3O3. The van der Waals surface area contributed by atoms with Crippen molar-refractivity contribution in [3.8, 4) is 16.9 Å². The van der Waals surface area contributed by atoms with Gasteiger partial charge in [-0.3, -0.25) is 4.79 Å². The van der Waals surface area contributed by atoms with Crippen LogP contribution < -0.4 is 4.74 Å². The minimum absolute atomic E-state index is 0.125. The highest BCUT2D eigenvalue weighted by Gasteiger charge is 2.30. The zero-order valence-electron chi connectivity index (χ0n) is 8.90. The maximum atomic E-state index is 12.0. The van der Waals surface area contributed by atoms with E-state index in [1.807, 2.05) is 0 Å². The monoisotopic (exact) mass is 256 g/mol. The average molecular weight is 256 g/mol. The van der Waals surface area contributed by atoms with Gasteiger partial charge in [-0.2, -0.15) is 0 Å². The lowest BCUT2D eigenvalue weighted by atomic mass is 10.1. The third-order valence-corrected chi connectivity index (χ3v) is 2.20. The highest BCUT2D eigenvalue weighted by molar-refractivity contribution is 5.84. The number of halogens is 3. The third-order valence-electron chi connectivity index (χ3n) is 2.20. The van der Waals surface area contributed by atoms with Crippen LogP contribution in [0.2, 0.25) is 0 Å². The van der Waals surface area contributed by atoms with Gasteiger partial charge in [0.15, 0.2) is 12.0 Å². The second-order valence-electron chi connectivity index (χ2n) is 3.39. The van der Waals surface area contributed by atoms with Gasteiger partial charge in [-0.15, -0.1) is 13.2 Å². The van der Waals surface area contributed by atoms with E-state index in [0.717, 1.165) is 0 Å². The van der Waals surface area contributed by atoms with Gasteiger partial charge >= 0.3 is 6.36 Å². The molecule has 2 rings (SSSR count). The molecular weight excluding hydrogens is 249 g/mol. The minimum atomic E-state index is -4.72. The maximum absolute atomic E-state index is 12.0. The molecule has 3 nitrogen and oxygen atoms in total. The average Bonchev–Trinajstić information content (AvgIpc) is 2.76. The standard InChI is InChI=1S/C12H7F3O3/c13-12(14,15)18-9-3-1-8(2-4-9)10-5-6-17-11(10)7-16/h1-7H. The normalized spacial score (nSPS) is 11.3. The van der Waals surface area contributed by atoms with E-state index in [1.54, 1.807) is 6.07 Å². The largest absolute Gasteiger partial charge is 0.573 e. The van der Waals surface area contributed by atoms with Crippen molar-refractivity contribution < 1.29 is 27.1 Å². The summed E-state index contributed by atoms with van der Waals surface area (Å²) in [5.74, 6) is -0.193. The van der Waals surface area contributed by atoms with Gasteiger partial charge in [0.25, 0.3) is 0 Å². The number of benzene rings is 1. The van der Waals surface area contributed by atoms with Crippen molar-refractivity contribution in [1.82, 2.24) is 0 Å². The van der Waals surface area contributed by atoms with Crippen LogP contribution in [0.15, 0.2) is 41.0 Å². The molecule has 0 bridgehead atoms. The number of hydrogen-bond acceptors (Lipinski definition) is 3. The molecule has 0 saturated heterocycles. The molecule has 94 valence electrons. The second-order valence-corrected chi connectivity index (χ2v) is 3.39. The van der Waals surface area contributed by atoms with E-state index >= 15 is 0 Å². The van der Waals surface area contributed by atoms with Gasteiger partial charge in [0.05, 0.1) is 6.26 Å². The fourth-order valence-corrected chi connectivity index (χ4v) is 1.49. The number of carbonyl (C=O) groups is 1. The van der Waals surface area contributed by atoms with Crippen LogP contribution in [0, 0.1) is 0 Å². The van der Waals surface area contributed by atoms with Crippen molar-refractivity contribution in [3.63, 3.8) is 0 Å². The highest BCUT2D eigenvalue weighted by Crippen LogP contribution is 2.28. The lowest BCUT2D eigenvalue weighted by molar-refractivity contribution is -0.274. The SMILES string of the molecule is O=Cc1occc1-c1ccc(OC(F)(F)F)cc1. The van der Waals surface area contributed by atoms with Crippen LogP contribution in [0.25, 0.3) is 11.1 Å². The zero-order valence-corrected chi connectivity index (χ0v) is 8.90. The number of furan rings is 1. The second kappa shape index (κ2) is 4.56. The van der Waals surface area contributed by atoms with Crippen LogP contribution in [-0.2, 0) is 0 Å². The van der Waals surface area contributed by atoms with E-state index in [2.05, 4.69) is 4.74 Å². The van der Waals surface area contributed by atoms with Gasteiger partial charge in [-0.05, 0) is 23.8 Å². The Balaban J connectivity index is 2.25. The molecule has 0 aliphatic rings. The van der Waals surface area contributed by atoms with Crippen LogP contribution in [0.4, 0.5) is 13.2 Å². The molecule has 0 aliphatic carbocycles. The molecule has 18 heavy (non-hydrogen) atoms. The topological polar surface area (TPSA) is 39.4 Å². The van der Waals surface area contributed by atoms with E-state index in [1.165, 1.54) is 30.5 Å². The van der Waals surface area contributed by atoms with Gasteiger partial charge in [-0.25, -0.2) is 0 Å². The summed E-state index contributed by atoms with van der Waals surface area (Å²) in [6, 6.07) is 6.73. The molecule has 0 N–H and O–H groups in total. The van der Waals surface area contributed by atoms with E-state index in [9.17, 15) is 18.0 Å². The Kier molecular flexibility index (Phi) is 3.10. The Morgan fingerprint density at radius 3 is 2.33 bits per heavy atom. The molecule has 0 spiro atoms. The number of carbonyl (C=O) groups excluding carboxylic acids is 1. The number of rotatable bonds is 3. The molecule has 6 heteroatoms. The lowest BCUT2D eigenvalue weighted by Crippen LogP contribution is -2.16. The van der Waals surface area contributed by atoms with Crippen molar-refractivity contribution in [2.45, 2.75) is 6.36 Å². The highest BCUT2D eigenvalue weighted by atomic mass is 19.4. The summed E-state index contributed by atoms with van der Waals surface area (Å²) in [5, 5.41) is 0. The first-order valence-electron chi connectivity index (χ1n) is 4.88. The van der Waals surface area contributed by atoms with Crippen LogP contribution in [-0.4, -0.2) is 12.6 Å². The number of alkyl halides is 3. The van der Waals surface area contributed by atoms with Crippen molar-refractivity contribution in [1.29, 1.82) is 0 Å². The Morgan fingerprint density at radius 2 is 1.78 bits per heavy atom. The van der Waals surface area contributed by atoms with Crippen molar-refractivity contribution in [2.75, 3.05) is 0 Å². The van der Waals surface area contributed by atoms with Crippen molar-refractivity contribution in [2.24, 2.45) is 0 Å². The van der Waals surface area contributed by atoms with Gasteiger partial charge in [0, 0.05) is 5.56 Å². The smallest absolute Gasteiger partial charge is 0.461 e. The summed E-state index contributed by atoms with van der Waals surface area (Å²) in [4.78, 5) is 10.6. The van der Waals surface area contributed by atoms with Crippen molar-refractivity contribution >= 4 is 6.29 Å².